The van der Waals surface area contributed by atoms with Crippen LogP contribution in [0.5, 0.6) is 11.5 Å². The Kier molecular flexibility index (Phi) is 7.57. The van der Waals surface area contributed by atoms with Gasteiger partial charge in [-0.05, 0) is 42.5 Å². The molecule has 0 unspecified atom stereocenters. The van der Waals surface area contributed by atoms with Crippen LogP contribution in [-0.4, -0.2) is 34.8 Å². The second-order valence-electron chi connectivity index (χ2n) is 7.15. The molecule has 2 amide bonds. The van der Waals surface area contributed by atoms with E-state index < -0.39 is 29.7 Å². The van der Waals surface area contributed by atoms with Crippen LogP contribution in [0.25, 0.3) is 0 Å². The largest absolute Gasteiger partial charge is 0.478 e. The average molecular weight is 476 g/mol. The number of carboxylic acid groups (broad SMARTS) is 1. The van der Waals surface area contributed by atoms with E-state index >= 15 is 0 Å². The van der Waals surface area contributed by atoms with Crippen LogP contribution in [0.4, 0.5) is 11.4 Å². The smallest absolute Gasteiger partial charge is 0.337 e. The molecule has 0 spiro atoms. The van der Waals surface area contributed by atoms with Gasteiger partial charge in [0.15, 0.2) is 0 Å². The highest BCUT2D eigenvalue weighted by molar-refractivity contribution is 6.11. The van der Waals surface area contributed by atoms with Crippen molar-refractivity contribution in [1.29, 1.82) is 0 Å². The molecule has 0 aliphatic carbocycles. The lowest BCUT2D eigenvalue weighted by molar-refractivity contribution is -0.132. The van der Waals surface area contributed by atoms with Crippen molar-refractivity contribution in [1.82, 2.24) is 0 Å². The number of hydrogen-bond acceptors (Lipinski definition) is 7. The third-order valence-corrected chi connectivity index (χ3v) is 4.53. The Hall–Kier alpha value is -4.99. The maximum Gasteiger partial charge on any atom is 0.337 e. The van der Waals surface area contributed by atoms with Crippen molar-refractivity contribution >= 4 is 41.1 Å². The van der Waals surface area contributed by atoms with Gasteiger partial charge in [0.1, 0.15) is 11.5 Å². The molecule has 3 rings (SSSR count). The fourth-order valence-corrected chi connectivity index (χ4v) is 3.09. The van der Waals surface area contributed by atoms with E-state index in [-0.39, 0.29) is 39.6 Å². The van der Waals surface area contributed by atoms with Crippen LogP contribution >= 0.6 is 0 Å². The summed E-state index contributed by atoms with van der Waals surface area (Å²) in [6.07, 6.45) is 0. The van der Waals surface area contributed by atoms with Crippen LogP contribution in [-0.2, 0) is 9.59 Å². The summed E-state index contributed by atoms with van der Waals surface area (Å²) in [6.45, 7) is 2.39. The van der Waals surface area contributed by atoms with Crippen molar-refractivity contribution in [3.8, 4) is 11.5 Å². The molecule has 3 aromatic rings. The van der Waals surface area contributed by atoms with Gasteiger partial charge in [0.2, 0.25) is 0 Å². The van der Waals surface area contributed by atoms with Crippen molar-refractivity contribution in [3.63, 3.8) is 0 Å². The summed E-state index contributed by atoms with van der Waals surface area (Å²) in [4.78, 5) is 59.9. The van der Waals surface area contributed by atoms with Crippen LogP contribution in [0, 0.1) is 0 Å². The summed E-state index contributed by atoms with van der Waals surface area (Å²) in [7, 11) is 0. The Morgan fingerprint density at radius 2 is 1.14 bits per heavy atom. The Morgan fingerprint density at radius 1 is 0.657 bits per heavy atom. The number of esters is 2. The highest BCUT2D eigenvalue weighted by Gasteiger charge is 2.19. The molecule has 0 aliphatic rings. The minimum atomic E-state index is -1.36. The number of aromatic carboxylic acids is 1. The molecule has 178 valence electrons. The van der Waals surface area contributed by atoms with Gasteiger partial charge in [-0.1, -0.05) is 24.3 Å². The second kappa shape index (κ2) is 10.8. The first-order chi connectivity index (χ1) is 16.7. The molecule has 0 heterocycles. The highest BCUT2D eigenvalue weighted by Crippen LogP contribution is 2.26. The molecule has 3 aromatic carbocycles. The fraction of sp³-hybridized carbons (Fsp3) is 0.0800. The van der Waals surface area contributed by atoms with E-state index in [1.54, 1.807) is 24.3 Å². The summed E-state index contributed by atoms with van der Waals surface area (Å²) in [6, 6.07) is 15.9. The van der Waals surface area contributed by atoms with Crippen LogP contribution in [0.3, 0.4) is 0 Å². The monoisotopic (exact) mass is 476 g/mol. The molecule has 0 aromatic heterocycles. The van der Waals surface area contributed by atoms with Gasteiger partial charge in [0.05, 0.1) is 22.4 Å². The highest BCUT2D eigenvalue weighted by atomic mass is 16.5. The first-order valence-electron chi connectivity index (χ1n) is 10.2. The van der Waals surface area contributed by atoms with Gasteiger partial charge in [-0.2, -0.15) is 0 Å². The number of rotatable bonds is 7. The third kappa shape index (κ3) is 6.29. The first kappa shape index (κ1) is 24.6. The van der Waals surface area contributed by atoms with E-state index in [1.165, 1.54) is 56.3 Å². The molecular weight excluding hydrogens is 456 g/mol. The predicted octanol–water partition coefficient (Wildman–Crippen LogP) is 3.74. The van der Waals surface area contributed by atoms with Gasteiger partial charge in [-0.25, -0.2) is 4.79 Å². The molecule has 3 N–H and O–H groups in total. The Balaban J connectivity index is 1.85. The topological polar surface area (TPSA) is 148 Å². The van der Waals surface area contributed by atoms with E-state index in [9.17, 15) is 29.1 Å². The Bertz CT molecular complexity index is 1330. The van der Waals surface area contributed by atoms with Gasteiger partial charge in [-0.3, -0.25) is 19.2 Å². The number of nitrogens with one attached hydrogen (secondary N) is 2. The van der Waals surface area contributed by atoms with Gasteiger partial charge in [-0.15, -0.1) is 0 Å². The van der Waals surface area contributed by atoms with E-state index in [2.05, 4.69) is 10.6 Å². The molecular formula is C25H20N2O8. The number of benzene rings is 3. The average Bonchev–Trinajstić information content (AvgIpc) is 2.79. The number of hydrogen-bond donors (Lipinski definition) is 3. The Labute approximate surface area is 199 Å². The number of carbonyl (C=O) groups excluding carboxylic acids is 4. The fourth-order valence-electron chi connectivity index (χ4n) is 3.09. The summed E-state index contributed by atoms with van der Waals surface area (Å²) >= 11 is 0. The SMILES string of the molecule is CC(=O)Oc1ccccc1C(=O)Nc1ccc(NC(=O)c2ccccc2OC(C)=O)c(C(=O)O)c1. The lowest BCUT2D eigenvalue weighted by Gasteiger charge is -2.13. The van der Waals surface area contributed by atoms with Gasteiger partial charge in [0.25, 0.3) is 11.8 Å². The maximum absolute atomic E-state index is 12.8. The lowest BCUT2D eigenvalue weighted by Crippen LogP contribution is -2.18. The summed E-state index contributed by atoms with van der Waals surface area (Å²) in [5, 5.41) is 14.7. The normalized spacial score (nSPS) is 10.1. The van der Waals surface area contributed by atoms with Crippen molar-refractivity contribution < 1.29 is 38.6 Å². The van der Waals surface area contributed by atoms with Crippen LogP contribution in [0.2, 0.25) is 0 Å². The molecule has 10 nitrogen and oxygen atoms in total. The van der Waals surface area contributed by atoms with Crippen molar-refractivity contribution in [2.45, 2.75) is 13.8 Å². The molecule has 35 heavy (non-hydrogen) atoms. The van der Waals surface area contributed by atoms with Crippen LogP contribution < -0.4 is 20.1 Å². The maximum atomic E-state index is 12.8. The number of carbonyl (C=O) groups is 5. The van der Waals surface area contributed by atoms with Crippen LogP contribution in [0.15, 0.2) is 66.7 Å². The van der Waals surface area contributed by atoms with E-state index in [4.69, 9.17) is 9.47 Å². The summed E-state index contributed by atoms with van der Waals surface area (Å²) in [5.74, 6) is -3.84. The molecule has 0 radical (unpaired) electrons. The first-order valence-corrected chi connectivity index (χ1v) is 10.2. The summed E-state index contributed by atoms with van der Waals surface area (Å²) < 4.78 is 10.1. The van der Waals surface area contributed by atoms with Gasteiger partial charge in [0, 0.05) is 19.5 Å². The lowest BCUT2D eigenvalue weighted by atomic mass is 10.1. The van der Waals surface area contributed by atoms with Gasteiger partial charge < -0.3 is 25.2 Å². The van der Waals surface area contributed by atoms with Gasteiger partial charge >= 0.3 is 17.9 Å². The van der Waals surface area contributed by atoms with Crippen molar-refractivity contribution in [2.75, 3.05) is 10.6 Å². The minimum Gasteiger partial charge on any atom is -0.478 e. The minimum absolute atomic E-state index is 0.0182. The Morgan fingerprint density at radius 3 is 1.63 bits per heavy atom. The number of carboxylic acids is 1. The molecule has 0 atom stereocenters. The van der Waals surface area contributed by atoms with Crippen LogP contribution in [0.1, 0.15) is 44.9 Å². The molecule has 10 heteroatoms. The van der Waals surface area contributed by atoms with Crippen molar-refractivity contribution in [2.24, 2.45) is 0 Å². The van der Waals surface area contributed by atoms with E-state index in [0.29, 0.717) is 0 Å². The van der Waals surface area contributed by atoms with E-state index in [1.807, 2.05) is 0 Å². The molecule has 0 bridgehead atoms. The molecule has 0 fully saturated rings. The number of anilines is 2. The quantitative estimate of drug-likeness (QED) is 0.345. The zero-order chi connectivity index (χ0) is 25.5. The molecule has 0 aliphatic heterocycles. The number of ether oxygens (including phenoxy) is 2. The number of amides is 2. The molecule has 0 saturated carbocycles. The standard InChI is InChI=1S/C25H20N2O8/c1-14(28)34-21-9-5-3-7-17(21)23(30)26-16-11-12-20(19(13-16)25(32)33)27-24(31)18-8-4-6-10-22(18)35-15(2)29/h3-13H,1-2H3,(H,26,30)(H,27,31)(H,32,33). The van der Waals surface area contributed by atoms with Crippen molar-refractivity contribution in [3.05, 3.63) is 83.4 Å². The number of para-hydroxylation sites is 2. The predicted molar refractivity (Wildman–Crippen MR) is 125 cm³/mol. The zero-order valence-electron chi connectivity index (χ0n) is 18.7. The third-order valence-electron chi connectivity index (χ3n) is 4.53. The van der Waals surface area contributed by atoms with E-state index in [0.717, 1.165) is 0 Å². The zero-order valence-corrected chi connectivity index (χ0v) is 18.7. The summed E-state index contributed by atoms with van der Waals surface area (Å²) in [5.41, 5.74) is -0.117. The second-order valence-corrected chi connectivity index (χ2v) is 7.15. The molecule has 0 saturated heterocycles.